The number of nitrogens with one attached hydrogen (secondary N) is 1. The molecule has 0 fully saturated rings. The lowest BCUT2D eigenvalue weighted by Gasteiger charge is -1.99. The number of aromatic nitrogens is 6. The van der Waals surface area contributed by atoms with Crippen LogP contribution in [0.4, 0.5) is 0 Å². The van der Waals surface area contributed by atoms with E-state index in [9.17, 15) is 0 Å². The van der Waals surface area contributed by atoms with Gasteiger partial charge < -0.3 is 4.98 Å². The van der Waals surface area contributed by atoms with Crippen LogP contribution in [0.25, 0.3) is 27.9 Å². The molecule has 0 amide bonds. The highest BCUT2D eigenvalue weighted by atomic mass is 15.2. The molecule has 0 aromatic carbocycles. The van der Waals surface area contributed by atoms with Crippen molar-refractivity contribution >= 4 is 16.7 Å². The summed E-state index contributed by atoms with van der Waals surface area (Å²) in [5.41, 5.74) is 3.51. The molecular formula is C12H8N6. The van der Waals surface area contributed by atoms with Crippen LogP contribution in [-0.4, -0.2) is 29.5 Å². The highest BCUT2D eigenvalue weighted by molar-refractivity contribution is 5.91. The fourth-order valence-corrected chi connectivity index (χ4v) is 2.03. The zero-order valence-corrected chi connectivity index (χ0v) is 9.28. The van der Waals surface area contributed by atoms with Crippen LogP contribution < -0.4 is 0 Å². The van der Waals surface area contributed by atoms with E-state index in [4.69, 9.17) is 0 Å². The Morgan fingerprint density at radius 1 is 1.22 bits per heavy atom. The van der Waals surface area contributed by atoms with Crippen LogP contribution in [0.15, 0.2) is 43.2 Å². The summed E-state index contributed by atoms with van der Waals surface area (Å²) in [6.45, 7) is 0. The van der Waals surface area contributed by atoms with E-state index in [1.165, 1.54) is 6.33 Å². The minimum absolute atomic E-state index is 0.815. The van der Waals surface area contributed by atoms with Gasteiger partial charge in [-0.25, -0.2) is 19.5 Å². The Morgan fingerprint density at radius 3 is 3.22 bits per heavy atom. The summed E-state index contributed by atoms with van der Waals surface area (Å²) in [5, 5.41) is 5.09. The summed E-state index contributed by atoms with van der Waals surface area (Å²) in [5.74, 6) is 0. The lowest BCUT2D eigenvalue weighted by Crippen LogP contribution is -1.91. The number of rotatable bonds is 1. The quantitative estimate of drug-likeness (QED) is 0.545. The molecule has 4 aromatic heterocycles. The summed E-state index contributed by atoms with van der Waals surface area (Å²) >= 11 is 0. The maximum Gasteiger partial charge on any atom is 0.155 e. The third-order valence-corrected chi connectivity index (χ3v) is 2.89. The fourth-order valence-electron chi connectivity index (χ4n) is 2.03. The molecule has 4 rings (SSSR count). The van der Waals surface area contributed by atoms with Crippen molar-refractivity contribution in [3.05, 3.63) is 43.2 Å². The van der Waals surface area contributed by atoms with Crippen LogP contribution in [0, 0.1) is 0 Å². The Balaban J connectivity index is 2.00. The molecule has 0 bridgehead atoms. The van der Waals surface area contributed by atoms with Crippen molar-refractivity contribution in [2.75, 3.05) is 0 Å². The van der Waals surface area contributed by atoms with Crippen molar-refractivity contribution in [2.45, 2.75) is 0 Å². The second kappa shape index (κ2) is 3.36. The average molecular weight is 236 g/mol. The molecule has 6 nitrogen and oxygen atoms in total. The van der Waals surface area contributed by atoms with E-state index in [0.29, 0.717) is 0 Å². The van der Waals surface area contributed by atoms with Gasteiger partial charge in [-0.15, -0.1) is 0 Å². The summed E-state index contributed by atoms with van der Waals surface area (Å²) in [7, 11) is 0. The van der Waals surface area contributed by atoms with Crippen molar-refractivity contribution in [3.8, 4) is 11.3 Å². The van der Waals surface area contributed by atoms with E-state index >= 15 is 0 Å². The smallest absolute Gasteiger partial charge is 0.155 e. The average Bonchev–Trinajstić information content (AvgIpc) is 3.04. The van der Waals surface area contributed by atoms with Gasteiger partial charge in [-0.05, 0) is 6.07 Å². The molecule has 0 aliphatic carbocycles. The maximum absolute atomic E-state index is 4.55. The zero-order valence-electron chi connectivity index (χ0n) is 9.28. The molecule has 18 heavy (non-hydrogen) atoms. The summed E-state index contributed by atoms with van der Waals surface area (Å²) in [4.78, 5) is 15.9. The van der Waals surface area contributed by atoms with Gasteiger partial charge in [0.05, 0.1) is 11.9 Å². The number of aromatic amines is 1. The number of hydrogen-bond acceptors (Lipinski definition) is 4. The molecule has 4 heterocycles. The monoisotopic (exact) mass is 236 g/mol. The number of hydrogen-bond donors (Lipinski definition) is 1. The normalized spacial score (nSPS) is 11.3. The molecule has 0 spiro atoms. The Hall–Kier alpha value is -2.76. The maximum atomic E-state index is 4.55. The van der Waals surface area contributed by atoms with Gasteiger partial charge >= 0.3 is 0 Å². The molecular weight excluding hydrogens is 228 g/mol. The van der Waals surface area contributed by atoms with Gasteiger partial charge in [0.2, 0.25) is 0 Å². The molecule has 86 valence electrons. The van der Waals surface area contributed by atoms with Crippen molar-refractivity contribution in [1.82, 2.24) is 29.5 Å². The van der Waals surface area contributed by atoms with Gasteiger partial charge in [-0.1, -0.05) is 0 Å². The summed E-state index contributed by atoms with van der Waals surface area (Å²) < 4.78 is 1.73. The first-order valence-corrected chi connectivity index (χ1v) is 5.50. The molecule has 0 aliphatic rings. The second-order valence-corrected chi connectivity index (χ2v) is 3.93. The van der Waals surface area contributed by atoms with Crippen LogP contribution in [0.1, 0.15) is 0 Å². The minimum Gasteiger partial charge on any atom is -0.345 e. The SMILES string of the molecule is c1ncc2c(-c3ccn4nccc4n3)c[nH]c2n1. The third kappa shape index (κ3) is 1.22. The third-order valence-electron chi connectivity index (χ3n) is 2.89. The Labute approximate surface area is 101 Å². The lowest BCUT2D eigenvalue weighted by molar-refractivity contribution is 0.941. The number of fused-ring (bicyclic) bond motifs is 2. The van der Waals surface area contributed by atoms with Crippen molar-refractivity contribution in [1.29, 1.82) is 0 Å². The largest absolute Gasteiger partial charge is 0.345 e. The van der Waals surface area contributed by atoms with E-state index in [1.807, 2.05) is 24.5 Å². The van der Waals surface area contributed by atoms with Crippen LogP contribution >= 0.6 is 0 Å². The highest BCUT2D eigenvalue weighted by Crippen LogP contribution is 2.25. The molecule has 0 saturated heterocycles. The predicted molar refractivity (Wildman–Crippen MR) is 65.9 cm³/mol. The standard InChI is InChI=1S/C12H8N6/c1-3-16-18-4-2-10(17-11(1)18)8-6-14-12-9(8)5-13-7-15-12/h1-7H,(H,13,14,15). The van der Waals surface area contributed by atoms with Gasteiger partial charge in [0.1, 0.15) is 12.0 Å². The van der Waals surface area contributed by atoms with Crippen molar-refractivity contribution < 1.29 is 0 Å². The molecule has 1 N–H and O–H groups in total. The van der Waals surface area contributed by atoms with Gasteiger partial charge in [0.25, 0.3) is 0 Å². The second-order valence-electron chi connectivity index (χ2n) is 3.93. The highest BCUT2D eigenvalue weighted by Gasteiger charge is 2.08. The topological polar surface area (TPSA) is 71.8 Å². The molecule has 0 aliphatic heterocycles. The molecule has 0 unspecified atom stereocenters. The first-order valence-electron chi connectivity index (χ1n) is 5.50. The Morgan fingerprint density at radius 2 is 2.22 bits per heavy atom. The fraction of sp³-hybridized carbons (Fsp3) is 0. The van der Waals surface area contributed by atoms with E-state index in [1.54, 1.807) is 16.9 Å². The molecule has 0 saturated carbocycles. The zero-order chi connectivity index (χ0) is 11.9. The number of nitrogens with zero attached hydrogens (tertiary/aromatic N) is 5. The van der Waals surface area contributed by atoms with Gasteiger partial charge in [0.15, 0.2) is 5.65 Å². The first kappa shape index (κ1) is 9.29. The van der Waals surface area contributed by atoms with Crippen molar-refractivity contribution in [3.63, 3.8) is 0 Å². The summed E-state index contributed by atoms with van der Waals surface area (Å²) in [6.07, 6.45) is 8.83. The Bertz CT molecular complexity index is 844. The van der Waals surface area contributed by atoms with E-state index in [0.717, 1.165) is 27.9 Å². The van der Waals surface area contributed by atoms with Crippen molar-refractivity contribution in [2.24, 2.45) is 0 Å². The van der Waals surface area contributed by atoms with Crippen LogP contribution in [0.2, 0.25) is 0 Å². The van der Waals surface area contributed by atoms with Crippen LogP contribution in [0.3, 0.4) is 0 Å². The van der Waals surface area contributed by atoms with E-state index in [-0.39, 0.29) is 0 Å². The summed E-state index contributed by atoms with van der Waals surface area (Å²) in [6, 6.07) is 3.80. The molecule has 4 aromatic rings. The minimum atomic E-state index is 0.815. The van der Waals surface area contributed by atoms with Gasteiger partial charge in [0, 0.05) is 35.6 Å². The van der Waals surface area contributed by atoms with Crippen LogP contribution in [0.5, 0.6) is 0 Å². The predicted octanol–water partition coefficient (Wildman–Crippen LogP) is 1.67. The lowest BCUT2D eigenvalue weighted by atomic mass is 10.2. The Kier molecular flexibility index (Phi) is 1.74. The van der Waals surface area contributed by atoms with E-state index in [2.05, 4.69) is 25.0 Å². The van der Waals surface area contributed by atoms with Gasteiger partial charge in [-0.2, -0.15) is 5.10 Å². The molecule has 0 atom stereocenters. The molecule has 6 heteroatoms. The number of H-pyrrole nitrogens is 1. The molecule has 0 radical (unpaired) electrons. The van der Waals surface area contributed by atoms with E-state index < -0.39 is 0 Å². The van der Waals surface area contributed by atoms with Gasteiger partial charge in [-0.3, -0.25) is 0 Å². The first-order chi connectivity index (χ1) is 8.92. The van der Waals surface area contributed by atoms with Crippen LogP contribution in [-0.2, 0) is 0 Å².